The summed E-state index contributed by atoms with van der Waals surface area (Å²) in [6, 6.07) is 13.7. The van der Waals surface area contributed by atoms with Gasteiger partial charge in [-0.1, -0.05) is 0 Å². The normalized spacial score (nSPS) is 10.7. The average Bonchev–Trinajstić information content (AvgIpc) is 2.65. The van der Waals surface area contributed by atoms with E-state index in [0.29, 0.717) is 17.6 Å². The number of methoxy groups -OCH3 is 1. The van der Waals surface area contributed by atoms with Crippen LogP contribution in [0.15, 0.2) is 48.5 Å². The Bertz CT molecular complexity index is 910. The SMILES string of the molecule is COc1ccc(-c2cc(CCC(=O)NO)c3ccc(F)cc3n2)cc1. The molecule has 6 heteroatoms. The summed E-state index contributed by atoms with van der Waals surface area (Å²) < 4.78 is 18.8. The molecule has 0 saturated carbocycles. The predicted molar refractivity (Wildman–Crippen MR) is 91.9 cm³/mol. The number of nitrogens with zero attached hydrogens (tertiary/aromatic N) is 1. The van der Waals surface area contributed by atoms with Crippen molar-refractivity contribution in [2.45, 2.75) is 12.8 Å². The molecule has 0 unspecified atom stereocenters. The number of rotatable bonds is 5. The quantitative estimate of drug-likeness (QED) is 0.551. The van der Waals surface area contributed by atoms with E-state index in [1.165, 1.54) is 12.1 Å². The minimum absolute atomic E-state index is 0.120. The number of pyridine rings is 1. The van der Waals surface area contributed by atoms with Crippen LogP contribution >= 0.6 is 0 Å². The van der Waals surface area contributed by atoms with Crippen molar-refractivity contribution in [1.82, 2.24) is 10.5 Å². The molecule has 0 radical (unpaired) electrons. The van der Waals surface area contributed by atoms with Crippen molar-refractivity contribution in [3.05, 3.63) is 59.9 Å². The maximum absolute atomic E-state index is 13.6. The van der Waals surface area contributed by atoms with Gasteiger partial charge in [0, 0.05) is 23.4 Å². The summed E-state index contributed by atoms with van der Waals surface area (Å²) in [6.45, 7) is 0. The van der Waals surface area contributed by atoms with Crippen molar-refractivity contribution in [1.29, 1.82) is 0 Å². The summed E-state index contributed by atoms with van der Waals surface area (Å²) in [4.78, 5) is 15.9. The van der Waals surface area contributed by atoms with E-state index >= 15 is 0 Å². The maximum Gasteiger partial charge on any atom is 0.243 e. The number of hydroxylamine groups is 1. The van der Waals surface area contributed by atoms with Gasteiger partial charge in [-0.25, -0.2) is 14.9 Å². The van der Waals surface area contributed by atoms with Gasteiger partial charge in [-0.2, -0.15) is 0 Å². The topological polar surface area (TPSA) is 71.5 Å². The van der Waals surface area contributed by atoms with Crippen LogP contribution in [0.5, 0.6) is 5.75 Å². The van der Waals surface area contributed by atoms with Crippen molar-refractivity contribution in [2.24, 2.45) is 0 Å². The Morgan fingerprint density at radius 3 is 2.64 bits per heavy atom. The van der Waals surface area contributed by atoms with E-state index in [-0.39, 0.29) is 12.2 Å². The van der Waals surface area contributed by atoms with Gasteiger partial charge in [0.2, 0.25) is 5.91 Å². The largest absolute Gasteiger partial charge is 0.497 e. The Balaban J connectivity index is 2.07. The van der Waals surface area contributed by atoms with Crippen LogP contribution in [0, 0.1) is 5.82 Å². The number of fused-ring (bicyclic) bond motifs is 1. The molecule has 5 nitrogen and oxygen atoms in total. The van der Waals surface area contributed by atoms with Crippen LogP contribution in [-0.4, -0.2) is 23.2 Å². The first-order chi connectivity index (χ1) is 12.1. The van der Waals surface area contributed by atoms with Crippen molar-refractivity contribution in [3.8, 4) is 17.0 Å². The minimum Gasteiger partial charge on any atom is -0.497 e. The fraction of sp³-hybridized carbons (Fsp3) is 0.158. The van der Waals surface area contributed by atoms with Crippen LogP contribution < -0.4 is 10.2 Å². The number of halogens is 1. The molecule has 0 aliphatic heterocycles. The Morgan fingerprint density at radius 1 is 1.20 bits per heavy atom. The van der Waals surface area contributed by atoms with Gasteiger partial charge in [0.05, 0.1) is 18.3 Å². The van der Waals surface area contributed by atoms with Crippen LogP contribution in [0.1, 0.15) is 12.0 Å². The third-order valence-corrected chi connectivity index (χ3v) is 3.99. The standard InChI is InChI=1S/C19H17FN2O3/c1-25-15-6-2-12(3-7-15)17-10-13(4-9-19(23)22-24)16-8-5-14(20)11-18(16)21-17/h2-3,5-8,10-11,24H,4,9H2,1H3,(H,22,23). The molecule has 1 aromatic heterocycles. The van der Waals surface area contributed by atoms with E-state index in [0.717, 1.165) is 22.3 Å². The molecule has 2 aromatic carbocycles. The van der Waals surface area contributed by atoms with Gasteiger partial charge in [-0.05, 0) is 54.4 Å². The molecule has 3 aromatic rings. The molecule has 0 atom stereocenters. The molecule has 25 heavy (non-hydrogen) atoms. The molecule has 0 saturated heterocycles. The molecule has 3 rings (SSSR count). The van der Waals surface area contributed by atoms with E-state index in [1.807, 2.05) is 30.3 Å². The number of hydrogen-bond donors (Lipinski definition) is 2. The van der Waals surface area contributed by atoms with Gasteiger partial charge in [-0.3, -0.25) is 10.0 Å². The highest BCUT2D eigenvalue weighted by Gasteiger charge is 2.10. The summed E-state index contributed by atoms with van der Waals surface area (Å²) in [5.74, 6) is -0.112. The predicted octanol–water partition coefficient (Wildman–Crippen LogP) is 3.49. The first-order valence-corrected chi connectivity index (χ1v) is 7.77. The monoisotopic (exact) mass is 340 g/mol. The molecule has 0 aliphatic carbocycles. The summed E-state index contributed by atoms with van der Waals surface area (Å²) in [6.07, 6.45) is 0.523. The molecule has 1 heterocycles. The van der Waals surface area contributed by atoms with Crippen LogP contribution in [0.2, 0.25) is 0 Å². The molecule has 0 fully saturated rings. The van der Waals surface area contributed by atoms with E-state index in [9.17, 15) is 9.18 Å². The Kier molecular flexibility index (Phi) is 4.90. The maximum atomic E-state index is 13.6. The highest BCUT2D eigenvalue weighted by molar-refractivity contribution is 5.86. The third kappa shape index (κ3) is 3.75. The van der Waals surface area contributed by atoms with Crippen LogP contribution in [-0.2, 0) is 11.2 Å². The number of carbonyl (C=O) groups is 1. The van der Waals surface area contributed by atoms with E-state index in [4.69, 9.17) is 9.94 Å². The second-order valence-corrected chi connectivity index (χ2v) is 5.59. The molecule has 1 amide bonds. The lowest BCUT2D eigenvalue weighted by molar-refractivity contribution is -0.129. The lowest BCUT2D eigenvalue weighted by Gasteiger charge is -2.10. The smallest absolute Gasteiger partial charge is 0.243 e. The first kappa shape index (κ1) is 16.9. The molecule has 2 N–H and O–H groups in total. The molecule has 128 valence electrons. The fourth-order valence-corrected chi connectivity index (χ4v) is 2.69. The van der Waals surface area contributed by atoms with Crippen molar-refractivity contribution < 1.29 is 19.1 Å². The highest BCUT2D eigenvalue weighted by atomic mass is 19.1. The first-order valence-electron chi connectivity index (χ1n) is 7.77. The number of aryl methyl sites for hydroxylation is 1. The van der Waals surface area contributed by atoms with Gasteiger partial charge in [0.15, 0.2) is 0 Å². The average molecular weight is 340 g/mol. The minimum atomic E-state index is -0.474. The van der Waals surface area contributed by atoms with Crippen molar-refractivity contribution in [3.63, 3.8) is 0 Å². The number of carbonyl (C=O) groups excluding carboxylic acids is 1. The molecule has 0 aliphatic rings. The Labute approximate surface area is 144 Å². The molecular weight excluding hydrogens is 323 g/mol. The summed E-state index contributed by atoms with van der Waals surface area (Å²) in [5, 5.41) is 9.45. The second-order valence-electron chi connectivity index (χ2n) is 5.59. The van der Waals surface area contributed by atoms with E-state index in [2.05, 4.69) is 4.98 Å². The number of amides is 1. The zero-order valence-electron chi connectivity index (χ0n) is 13.6. The van der Waals surface area contributed by atoms with E-state index in [1.54, 1.807) is 18.7 Å². The molecular formula is C19H17FN2O3. The molecule has 0 spiro atoms. The molecule has 0 bridgehead atoms. The van der Waals surface area contributed by atoms with Crippen molar-refractivity contribution in [2.75, 3.05) is 7.11 Å². The number of benzene rings is 2. The van der Waals surface area contributed by atoms with Crippen molar-refractivity contribution >= 4 is 16.8 Å². The van der Waals surface area contributed by atoms with Gasteiger partial charge in [-0.15, -0.1) is 0 Å². The summed E-state index contributed by atoms with van der Waals surface area (Å²) in [5.41, 5.74) is 4.55. The summed E-state index contributed by atoms with van der Waals surface area (Å²) in [7, 11) is 1.59. The second kappa shape index (κ2) is 7.27. The highest BCUT2D eigenvalue weighted by Crippen LogP contribution is 2.27. The lowest BCUT2D eigenvalue weighted by Crippen LogP contribution is -2.18. The zero-order chi connectivity index (χ0) is 17.8. The van der Waals surface area contributed by atoms with Gasteiger partial charge in [0.1, 0.15) is 11.6 Å². The third-order valence-electron chi connectivity index (χ3n) is 3.99. The Hall–Kier alpha value is -2.99. The summed E-state index contributed by atoms with van der Waals surface area (Å²) >= 11 is 0. The van der Waals surface area contributed by atoms with Crippen LogP contribution in [0.25, 0.3) is 22.2 Å². The Morgan fingerprint density at radius 2 is 1.96 bits per heavy atom. The van der Waals surface area contributed by atoms with Gasteiger partial charge < -0.3 is 4.74 Å². The number of hydrogen-bond acceptors (Lipinski definition) is 4. The van der Waals surface area contributed by atoms with E-state index < -0.39 is 5.91 Å². The number of aromatic nitrogens is 1. The fourth-order valence-electron chi connectivity index (χ4n) is 2.69. The van der Waals surface area contributed by atoms with Gasteiger partial charge in [0.25, 0.3) is 0 Å². The van der Waals surface area contributed by atoms with Crippen LogP contribution in [0.3, 0.4) is 0 Å². The van der Waals surface area contributed by atoms with Gasteiger partial charge >= 0.3 is 0 Å². The van der Waals surface area contributed by atoms with Crippen LogP contribution in [0.4, 0.5) is 4.39 Å². The lowest BCUT2D eigenvalue weighted by atomic mass is 10.0. The number of nitrogens with one attached hydrogen (secondary N) is 1. The zero-order valence-corrected chi connectivity index (χ0v) is 13.6. The number of ether oxygens (including phenoxy) is 1.